The van der Waals surface area contributed by atoms with Gasteiger partial charge in [-0.25, -0.2) is 14.6 Å². The van der Waals surface area contributed by atoms with E-state index >= 15 is 0 Å². The Morgan fingerprint density at radius 3 is 2.88 bits per heavy atom. The summed E-state index contributed by atoms with van der Waals surface area (Å²) in [5.41, 5.74) is 5.61. The van der Waals surface area contributed by atoms with Gasteiger partial charge in [-0.3, -0.25) is 4.79 Å². The zero-order chi connectivity index (χ0) is 23.9. The summed E-state index contributed by atoms with van der Waals surface area (Å²) in [6, 6.07) is 5.54. The number of nitrogen functional groups attached to an aromatic ring is 1. The highest BCUT2D eigenvalue weighted by atomic mass is 32.1. The molecule has 5 rings (SSSR count). The molecule has 0 aliphatic carbocycles. The minimum atomic E-state index is -1.37. The smallest absolute Gasteiger partial charge is 0.235 e. The number of carbonyl (C=O) groups excluding carboxylic acids is 1. The second-order valence-corrected chi connectivity index (χ2v) is 9.36. The standard InChI is InChI=1S/C23H21N7O3S/c1-22(12-33-13-22)19(31)28-16-11-26-21(24)29-18(16)30-17-9-14(3-4-15(17)10-27-30)5-6-23(2,32)20-25-7-8-34-20/h3-4,7-11,32H,12-13H2,1-2H3,(H,28,31)(H2,24,26,29). The summed E-state index contributed by atoms with van der Waals surface area (Å²) < 4.78 is 6.77. The molecule has 1 aromatic carbocycles. The summed E-state index contributed by atoms with van der Waals surface area (Å²) in [5, 5.41) is 21.1. The van der Waals surface area contributed by atoms with Crippen LogP contribution in [0.3, 0.4) is 0 Å². The molecule has 1 amide bonds. The van der Waals surface area contributed by atoms with Crippen LogP contribution < -0.4 is 11.1 Å². The number of carbonyl (C=O) groups is 1. The van der Waals surface area contributed by atoms with E-state index in [4.69, 9.17) is 10.5 Å². The van der Waals surface area contributed by atoms with Crippen LogP contribution in [0.5, 0.6) is 0 Å². The van der Waals surface area contributed by atoms with Crippen LogP contribution in [0.15, 0.2) is 42.2 Å². The van der Waals surface area contributed by atoms with E-state index in [0.29, 0.717) is 40.8 Å². The van der Waals surface area contributed by atoms with Gasteiger partial charge < -0.3 is 20.9 Å². The molecule has 172 valence electrons. The Balaban J connectivity index is 1.52. The molecular formula is C23H21N7O3S. The normalized spacial score (nSPS) is 16.2. The fraction of sp³-hybridized carbons (Fsp3) is 0.261. The van der Waals surface area contributed by atoms with Crippen molar-refractivity contribution in [3.63, 3.8) is 0 Å². The van der Waals surface area contributed by atoms with Gasteiger partial charge in [0.2, 0.25) is 11.9 Å². The lowest BCUT2D eigenvalue weighted by Gasteiger charge is -2.36. The van der Waals surface area contributed by atoms with E-state index in [0.717, 1.165) is 5.39 Å². The maximum absolute atomic E-state index is 12.8. The van der Waals surface area contributed by atoms with Crippen LogP contribution in [0.25, 0.3) is 16.7 Å². The van der Waals surface area contributed by atoms with E-state index in [2.05, 4.69) is 37.2 Å². The molecule has 1 aliphatic rings. The first-order chi connectivity index (χ1) is 16.2. The highest BCUT2D eigenvalue weighted by molar-refractivity contribution is 7.09. The summed E-state index contributed by atoms with van der Waals surface area (Å²) in [6.45, 7) is 4.13. The molecule has 0 spiro atoms. The Kier molecular flexibility index (Phi) is 5.28. The second-order valence-electron chi connectivity index (χ2n) is 8.46. The van der Waals surface area contributed by atoms with Crippen LogP contribution in [-0.4, -0.2) is 49.0 Å². The molecule has 4 aromatic rings. The first-order valence-electron chi connectivity index (χ1n) is 10.4. The zero-order valence-corrected chi connectivity index (χ0v) is 19.3. The molecule has 1 aliphatic heterocycles. The van der Waals surface area contributed by atoms with Crippen molar-refractivity contribution in [3.05, 3.63) is 52.7 Å². The Morgan fingerprint density at radius 1 is 1.35 bits per heavy atom. The largest absolute Gasteiger partial charge is 0.379 e. The number of amides is 1. The van der Waals surface area contributed by atoms with Gasteiger partial charge in [-0.15, -0.1) is 11.3 Å². The number of ether oxygens (including phenoxy) is 1. The van der Waals surface area contributed by atoms with Gasteiger partial charge in [0.25, 0.3) is 0 Å². The number of rotatable bonds is 4. The monoisotopic (exact) mass is 475 g/mol. The Hall–Kier alpha value is -3.85. The Labute approximate surface area is 198 Å². The first kappa shape index (κ1) is 22.0. The molecule has 34 heavy (non-hydrogen) atoms. The van der Waals surface area contributed by atoms with Crippen molar-refractivity contribution in [1.29, 1.82) is 0 Å². The average molecular weight is 476 g/mol. The zero-order valence-electron chi connectivity index (χ0n) is 18.4. The van der Waals surface area contributed by atoms with Crippen molar-refractivity contribution in [3.8, 4) is 17.7 Å². The Bertz CT molecular complexity index is 1450. The van der Waals surface area contributed by atoms with Gasteiger partial charge in [0, 0.05) is 22.5 Å². The van der Waals surface area contributed by atoms with E-state index in [1.54, 1.807) is 29.4 Å². The molecule has 11 heteroatoms. The van der Waals surface area contributed by atoms with Crippen LogP contribution in [0.1, 0.15) is 24.4 Å². The van der Waals surface area contributed by atoms with Crippen molar-refractivity contribution in [2.45, 2.75) is 19.4 Å². The predicted molar refractivity (Wildman–Crippen MR) is 127 cm³/mol. The van der Waals surface area contributed by atoms with Crippen molar-refractivity contribution in [2.24, 2.45) is 5.41 Å². The van der Waals surface area contributed by atoms with Gasteiger partial charge >= 0.3 is 0 Å². The van der Waals surface area contributed by atoms with Crippen LogP contribution in [0, 0.1) is 17.3 Å². The minimum absolute atomic E-state index is 0.0466. The number of thiazole rings is 1. The summed E-state index contributed by atoms with van der Waals surface area (Å²) >= 11 is 1.34. The number of aromatic nitrogens is 5. The van der Waals surface area contributed by atoms with E-state index in [1.807, 2.05) is 25.1 Å². The molecule has 1 unspecified atom stereocenters. The highest BCUT2D eigenvalue weighted by Crippen LogP contribution is 2.30. The third-order valence-electron chi connectivity index (χ3n) is 5.50. The molecule has 4 N–H and O–H groups in total. The van der Waals surface area contributed by atoms with Gasteiger partial charge in [-0.2, -0.15) is 10.1 Å². The van der Waals surface area contributed by atoms with Gasteiger partial charge in [0.1, 0.15) is 10.7 Å². The lowest BCUT2D eigenvalue weighted by molar-refractivity contribution is -0.151. The van der Waals surface area contributed by atoms with Gasteiger partial charge in [-0.1, -0.05) is 11.8 Å². The molecule has 3 aromatic heterocycles. The molecular weight excluding hydrogens is 454 g/mol. The topological polar surface area (TPSA) is 141 Å². The molecule has 0 radical (unpaired) electrons. The van der Waals surface area contributed by atoms with Crippen molar-refractivity contribution in [1.82, 2.24) is 24.7 Å². The third kappa shape index (κ3) is 3.99. The first-order valence-corrected chi connectivity index (χ1v) is 11.3. The summed E-state index contributed by atoms with van der Waals surface area (Å²) in [6.07, 6.45) is 4.77. The molecule has 1 saturated heterocycles. The lowest BCUT2D eigenvalue weighted by Crippen LogP contribution is -2.49. The fourth-order valence-electron chi connectivity index (χ4n) is 3.42. The van der Waals surface area contributed by atoms with Crippen LogP contribution in [-0.2, 0) is 15.1 Å². The lowest BCUT2D eigenvalue weighted by atomic mass is 9.87. The summed E-state index contributed by atoms with van der Waals surface area (Å²) in [7, 11) is 0. The molecule has 4 heterocycles. The van der Waals surface area contributed by atoms with E-state index in [-0.39, 0.29) is 11.9 Å². The molecule has 1 atom stereocenters. The van der Waals surface area contributed by atoms with Gasteiger partial charge in [0.15, 0.2) is 11.4 Å². The number of hydrogen-bond donors (Lipinski definition) is 3. The molecule has 10 nitrogen and oxygen atoms in total. The number of anilines is 2. The van der Waals surface area contributed by atoms with E-state index in [9.17, 15) is 9.90 Å². The molecule has 1 fully saturated rings. The number of nitrogens with one attached hydrogen (secondary N) is 1. The number of nitrogens with two attached hydrogens (primary N) is 1. The van der Waals surface area contributed by atoms with E-state index < -0.39 is 11.0 Å². The van der Waals surface area contributed by atoms with Gasteiger partial charge in [0.05, 0.1) is 36.5 Å². The number of hydrogen-bond acceptors (Lipinski definition) is 9. The third-order valence-corrected chi connectivity index (χ3v) is 6.48. The number of fused-ring (bicyclic) bond motifs is 1. The summed E-state index contributed by atoms with van der Waals surface area (Å²) in [5.74, 6) is 6.08. The highest BCUT2D eigenvalue weighted by Gasteiger charge is 2.41. The maximum Gasteiger partial charge on any atom is 0.235 e. The van der Waals surface area contributed by atoms with Crippen LogP contribution >= 0.6 is 11.3 Å². The second kappa shape index (κ2) is 8.18. The average Bonchev–Trinajstić information content (AvgIpc) is 3.48. The van der Waals surface area contributed by atoms with E-state index in [1.165, 1.54) is 17.5 Å². The maximum atomic E-state index is 12.8. The van der Waals surface area contributed by atoms with Crippen molar-refractivity contribution >= 4 is 39.8 Å². The van der Waals surface area contributed by atoms with Crippen LogP contribution in [0.4, 0.5) is 11.6 Å². The number of benzene rings is 1. The SMILES string of the molecule is CC1(C(=O)Nc2cnc(N)nc2-n2ncc3ccc(C#CC(C)(O)c4nccs4)cc32)COC1. The fourth-order valence-corrected chi connectivity index (χ4v) is 4.08. The number of nitrogens with zero attached hydrogens (tertiary/aromatic N) is 5. The molecule has 0 saturated carbocycles. The van der Waals surface area contributed by atoms with Crippen molar-refractivity contribution < 1.29 is 14.6 Å². The van der Waals surface area contributed by atoms with Crippen LogP contribution in [0.2, 0.25) is 0 Å². The summed E-state index contributed by atoms with van der Waals surface area (Å²) in [4.78, 5) is 25.3. The van der Waals surface area contributed by atoms with Gasteiger partial charge in [-0.05, 0) is 32.0 Å². The van der Waals surface area contributed by atoms with Crippen molar-refractivity contribution in [2.75, 3.05) is 24.3 Å². The number of aliphatic hydroxyl groups is 1. The quantitative estimate of drug-likeness (QED) is 0.381. The molecule has 0 bridgehead atoms. The Morgan fingerprint density at radius 2 is 2.18 bits per heavy atom. The predicted octanol–water partition coefficient (Wildman–Crippen LogP) is 2.09. The minimum Gasteiger partial charge on any atom is -0.379 e.